The summed E-state index contributed by atoms with van der Waals surface area (Å²) in [5, 5.41) is 0.808. The van der Waals surface area contributed by atoms with Crippen molar-refractivity contribution in [2.75, 3.05) is 39.3 Å². The van der Waals surface area contributed by atoms with Crippen LogP contribution in [-0.4, -0.2) is 55.1 Å². The summed E-state index contributed by atoms with van der Waals surface area (Å²) in [7, 11) is 0. The van der Waals surface area contributed by atoms with Gasteiger partial charge in [-0.3, -0.25) is 14.6 Å². The summed E-state index contributed by atoms with van der Waals surface area (Å²) in [6.45, 7) is 7.57. The Bertz CT molecular complexity index is 977. The Balaban J connectivity index is 1.21. The summed E-state index contributed by atoms with van der Waals surface area (Å²) in [5.74, 6) is -0.0368. The molecule has 1 saturated heterocycles. The Labute approximate surface area is 226 Å². The number of piperazine rings is 1. The van der Waals surface area contributed by atoms with Crippen molar-refractivity contribution in [1.29, 1.82) is 0 Å². The zero-order valence-corrected chi connectivity index (χ0v) is 23.3. The number of esters is 1. The quantitative estimate of drug-likeness (QED) is 0.212. The molecule has 0 spiro atoms. The van der Waals surface area contributed by atoms with Crippen LogP contribution in [0.2, 0.25) is 5.02 Å². The zero-order valence-electron chi connectivity index (χ0n) is 21.7. The van der Waals surface area contributed by atoms with Gasteiger partial charge in [-0.15, -0.1) is 0 Å². The fraction of sp³-hybridized carbons (Fsp3) is 0.567. The Morgan fingerprint density at radius 1 is 0.972 bits per heavy atom. The van der Waals surface area contributed by atoms with E-state index < -0.39 is 0 Å². The molecule has 0 amide bonds. The Hall–Kier alpha value is -1.53. The first kappa shape index (κ1) is 27.5. The molecule has 1 unspecified atom stereocenters. The largest absolute Gasteiger partial charge is 0.464 e. The van der Waals surface area contributed by atoms with Gasteiger partial charge < -0.3 is 4.74 Å². The van der Waals surface area contributed by atoms with Gasteiger partial charge in [0.1, 0.15) is 6.61 Å². The van der Waals surface area contributed by atoms with E-state index in [1.807, 2.05) is 17.8 Å². The van der Waals surface area contributed by atoms with E-state index in [4.69, 9.17) is 16.3 Å². The van der Waals surface area contributed by atoms with Crippen molar-refractivity contribution in [2.24, 2.45) is 0 Å². The molecule has 4 nitrogen and oxygen atoms in total. The van der Waals surface area contributed by atoms with Crippen molar-refractivity contribution >= 4 is 29.3 Å². The number of carbonyl (C=O) groups is 1. The fourth-order valence-electron chi connectivity index (χ4n) is 5.29. The molecule has 2 aliphatic rings. The molecule has 0 aromatic heterocycles. The van der Waals surface area contributed by atoms with Gasteiger partial charge in [-0.1, -0.05) is 87.0 Å². The van der Waals surface area contributed by atoms with Crippen LogP contribution in [-0.2, 0) is 16.0 Å². The first-order chi connectivity index (χ1) is 17.6. The third kappa shape index (κ3) is 7.98. The second-order valence-electron chi connectivity index (χ2n) is 10.1. The van der Waals surface area contributed by atoms with Crippen LogP contribution in [0.1, 0.15) is 75.5 Å². The number of unbranched alkanes of at least 4 members (excludes halogenated alkanes) is 6. The molecule has 4 rings (SSSR count). The lowest BCUT2D eigenvalue weighted by molar-refractivity contribution is -0.144. The summed E-state index contributed by atoms with van der Waals surface area (Å²) < 4.78 is 5.54. The number of ether oxygens (including phenoxy) is 1. The van der Waals surface area contributed by atoms with Gasteiger partial charge in [0.15, 0.2) is 0 Å². The molecule has 0 aliphatic carbocycles. The Morgan fingerprint density at radius 2 is 1.72 bits per heavy atom. The maximum Gasteiger partial charge on any atom is 0.305 e. The number of hydrogen-bond acceptors (Lipinski definition) is 5. The summed E-state index contributed by atoms with van der Waals surface area (Å²) in [5.41, 5.74) is 2.76. The number of benzene rings is 2. The summed E-state index contributed by atoms with van der Waals surface area (Å²) >= 11 is 8.30. The van der Waals surface area contributed by atoms with Crippen LogP contribution < -0.4 is 0 Å². The van der Waals surface area contributed by atoms with E-state index in [0.717, 1.165) is 57.0 Å². The molecule has 196 valence electrons. The SMILES string of the molecule is CCCCCCCCCC(=O)OCCN1CCN(C2Cc3ccccc3Sc3ccc(Cl)cc32)CC1. The van der Waals surface area contributed by atoms with Gasteiger partial charge in [0, 0.05) is 60.0 Å². The van der Waals surface area contributed by atoms with E-state index >= 15 is 0 Å². The zero-order chi connectivity index (χ0) is 25.2. The van der Waals surface area contributed by atoms with E-state index in [1.54, 1.807) is 0 Å². The second-order valence-corrected chi connectivity index (χ2v) is 11.6. The molecular formula is C30H41ClN2O2S. The van der Waals surface area contributed by atoms with Crippen molar-refractivity contribution in [3.05, 3.63) is 58.6 Å². The van der Waals surface area contributed by atoms with Crippen molar-refractivity contribution < 1.29 is 9.53 Å². The predicted molar refractivity (Wildman–Crippen MR) is 150 cm³/mol. The van der Waals surface area contributed by atoms with E-state index in [1.165, 1.54) is 53.0 Å². The highest BCUT2D eigenvalue weighted by Crippen LogP contribution is 2.43. The van der Waals surface area contributed by atoms with Crippen molar-refractivity contribution in [3.63, 3.8) is 0 Å². The normalized spacial score (nSPS) is 18.3. The Kier molecular flexibility index (Phi) is 11.0. The molecule has 0 bridgehead atoms. The third-order valence-corrected chi connectivity index (χ3v) is 8.88. The monoisotopic (exact) mass is 528 g/mol. The van der Waals surface area contributed by atoms with Crippen LogP contribution in [0.3, 0.4) is 0 Å². The predicted octanol–water partition coefficient (Wildman–Crippen LogP) is 7.39. The number of rotatable bonds is 12. The van der Waals surface area contributed by atoms with Gasteiger partial charge in [0.25, 0.3) is 0 Å². The molecule has 2 heterocycles. The van der Waals surface area contributed by atoms with Crippen LogP contribution in [0.5, 0.6) is 0 Å². The van der Waals surface area contributed by atoms with Gasteiger partial charge in [-0.2, -0.15) is 0 Å². The summed E-state index contributed by atoms with van der Waals surface area (Å²) in [6, 6.07) is 15.4. The van der Waals surface area contributed by atoms with Crippen LogP contribution in [0.25, 0.3) is 0 Å². The fourth-order valence-corrected chi connectivity index (χ4v) is 6.59. The molecule has 2 aromatic carbocycles. The first-order valence-electron chi connectivity index (χ1n) is 13.8. The van der Waals surface area contributed by atoms with Gasteiger partial charge in [-0.25, -0.2) is 0 Å². The van der Waals surface area contributed by atoms with Gasteiger partial charge in [0.2, 0.25) is 0 Å². The first-order valence-corrected chi connectivity index (χ1v) is 15.0. The van der Waals surface area contributed by atoms with Crippen LogP contribution in [0.15, 0.2) is 52.3 Å². The standard InChI is InChI=1S/C30H41ClN2O2S/c1-2-3-4-5-6-7-8-13-30(34)35-21-20-32-16-18-33(19-17-32)27-22-24-11-9-10-12-28(24)36-29-15-14-25(31)23-26(27)29/h9-12,14-15,23,27H,2-8,13,16-22H2,1H3. The molecule has 0 saturated carbocycles. The minimum absolute atomic E-state index is 0.0368. The smallest absolute Gasteiger partial charge is 0.305 e. The number of nitrogens with zero attached hydrogens (tertiary/aromatic N) is 2. The molecule has 0 radical (unpaired) electrons. The van der Waals surface area contributed by atoms with Crippen LogP contribution >= 0.6 is 23.4 Å². The number of halogens is 1. The van der Waals surface area contributed by atoms with Crippen molar-refractivity contribution in [2.45, 2.75) is 80.5 Å². The molecule has 2 aliphatic heterocycles. The minimum atomic E-state index is -0.0368. The number of hydrogen-bond donors (Lipinski definition) is 0. The second kappa shape index (κ2) is 14.4. The molecule has 1 fully saturated rings. The lowest BCUT2D eigenvalue weighted by atomic mass is 9.96. The maximum atomic E-state index is 12.1. The summed E-state index contributed by atoms with van der Waals surface area (Å²) in [6.07, 6.45) is 10.1. The van der Waals surface area contributed by atoms with E-state index in [9.17, 15) is 4.79 Å². The lowest BCUT2D eigenvalue weighted by Crippen LogP contribution is -2.48. The van der Waals surface area contributed by atoms with E-state index in [2.05, 4.69) is 53.1 Å². The molecule has 36 heavy (non-hydrogen) atoms. The summed E-state index contributed by atoms with van der Waals surface area (Å²) in [4.78, 5) is 19.8. The third-order valence-electron chi connectivity index (χ3n) is 7.44. The number of fused-ring (bicyclic) bond motifs is 2. The van der Waals surface area contributed by atoms with E-state index in [-0.39, 0.29) is 5.97 Å². The average molecular weight is 529 g/mol. The highest BCUT2D eigenvalue weighted by molar-refractivity contribution is 7.99. The molecule has 2 aromatic rings. The highest BCUT2D eigenvalue weighted by Gasteiger charge is 2.30. The van der Waals surface area contributed by atoms with Crippen molar-refractivity contribution in [3.8, 4) is 0 Å². The molecule has 1 atom stereocenters. The maximum absolute atomic E-state index is 12.1. The number of carbonyl (C=O) groups excluding carboxylic acids is 1. The van der Waals surface area contributed by atoms with E-state index in [0.29, 0.717) is 19.1 Å². The van der Waals surface area contributed by atoms with Crippen molar-refractivity contribution in [1.82, 2.24) is 9.80 Å². The highest BCUT2D eigenvalue weighted by atomic mass is 35.5. The lowest BCUT2D eigenvalue weighted by Gasteiger charge is -2.39. The Morgan fingerprint density at radius 3 is 2.53 bits per heavy atom. The molecule has 0 N–H and O–H groups in total. The average Bonchev–Trinajstić information content (AvgIpc) is 3.05. The van der Waals surface area contributed by atoms with Crippen LogP contribution in [0, 0.1) is 0 Å². The topological polar surface area (TPSA) is 32.8 Å². The molecule has 6 heteroatoms. The van der Waals surface area contributed by atoms with Gasteiger partial charge in [0.05, 0.1) is 0 Å². The molecular weight excluding hydrogens is 488 g/mol. The van der Waals surface area contributed by atoms with Gasteiger partial charge >= 0.3 is 5.97 Å². The van der Waals surface area contributed by atoms with Crippen LogP contribution in [0.4, 0.5) is 0 Å². The minimum Gasteiger partial charge on any atom is -0.464 e. The van der Waals surface area contributed by atoms with Gasteiger partial charge in [-0.05, 0) is 48.2 Å².